The third kappa shape index (κ3) is 5.54. The number of hydrogen-bond acceptors (Lipinski definition) is 6. The molecule has 0 aliphatic rings. The van der Waals surface area contributed by atoms with E-state index in [4.69, 9.17) is 16.3 Å². The van der Waals surface area contributed by atoms with E-state index >= 15 is 0 Å². The van der Waals surface area contributed by atoms with E-state index in [0.29, 0.717) is 38.6 Å². The van der Waals surface area contributed by atoms with Gasteiger partial charge in [-0.15, -0.1) is 11.3 Å². The first kappa shape index (κ1) is 22.4. The number of amides is 2. The number of halogens is 1. The zero-order chi connectivity index (χ0) is 23.2. The summed E-state index contributed by atoms with van der Waals surface area (Å²) < 4.78 is 5.84. The molecule has 1 aromatic carbocycles. The fourth-order valence-corrected chi connectivity index (χ4v) is 4.18. The molecule has 0 atom stereocenters. The number of nitrogens with one attached hydrogen (secondary N) is 2. The van der Waals surface area contributed by atoms with E-state index in [-0.39, 0.29) is 11.8 Å². The van der Waals surface area contributed by atoms with Gasteiger partial charge in [-0.25, -0.2) is 4.98 Å². The van der Waals surface area contributed by atoms with Crippen LogP contribution in [-0.4, -0.2) is 21.8 Å². The topological polar surface area (TPSA) is 93.2 Å². The predicted octanol–water partition coefficient (Wildman–Crippen LogP) is 5.58. The van der Waals surface area contributed by atoms with Gasteiger partial charge in [0.1, 0.15) is 6.61 Å². The van der Waals surface area contributed by atoms with Crippen LogP contribution >= 0.6 is 22.9 Å². The molecular weight excluding hydrogens is 460 g/mol. The van der Waals surface area contributed by atoms with Crippen LogP contribution in [0.4, 0.5) is 10.8 Å². The first-order chi connectivity index (χ1) is 16.0. The van der Waals surface area contributed by atoms with Gasteiger partial charge in [0.25, 0.3) is 11.8 Å². The van der Waals surface area contributed by atoms with Crippen LogP contribution in [-0.2, 0) is 6.61 Å². The number of hydrogen-bond donors (Lipinski definition) is 2. The van der Waals surface area contributed by atoms with Gasteiger partial charge in [-0.2, -0.15) is 0 Å². The second-order valence-corrected chi connectivity index (χ2v) is 8.46. The van der Waals surface area contributed by atoms with Crippen molar-refractivity contribution >= 4 is 45.6 Å². The number of benzene rings is 1. The van der Waals surface area contributed by atoms with Crippen LogP contribution in [0, 0.1) is 6.92 Å². The van der Waals surface area contributed by atoms with Gasteiger partial charge in [-0.05, 0) is 60.5 Å². The van der Waals surface area contributed by atoms with Crippen LogP contribution in [0.5, 0.6) is 5.75 Å². The summed E-state index contributed by atoms with van der Waals surface area (Å²) in [6.45, 7) is 2.11. The highest BCUT2D eigenvalue weighted by Crippen LogP contribution is 2.30. The molecule has 7 nitrogen and oxygen atoms in total. The summed E-state index contributed by atoms with van der Waals surface area (Å²) in [6, 6.07) is 15.7. The van der Waals surface area contributed by atoms with Gasteiger partial charge < -0.3 is 15.4 Å². The molecule has 33 heavy (non-hydrogen) atoms. The van der Waals surface area contributed by atoms with Gasteiger partial charge in [0.05, 0.1) is 20.5 Å². The van der Waals surface area contributed by atoms with Crippen LogP contribution in [0.3, 0.4) is 0 Å². The third-order valence-corrected chi connectivity index (χ3v) is 6.11. The van der Waals surface area contributed by atoms with Crippen LogP contribution in [0.25, 0.3) is 0 Å². The molecule has 0 bridgehead atoms. The normalized spacial score (nSPS) is 10.5. The summed E-state index contributed by atoms with van der Waals surface area (Å²) in [5.41, 5.74) is 2.03. The number of carbonyl (C=O) groups is 2. The largest absolute Gasteiger partial charge is 0.485 e. The van der Waals surface area contributed by atoms with Crippen LogP contribution in [0.2, 0.25) is 5.02 Å². The molecule has 0 saturated heterocycles. The highest BCUT2D eigenvalue weighted by Gasteiger charge is 2.18. The Bertz CT molecular complexity index is 1290. The van der Waals surface area contributed by atoms with E-state index in [1.165, 1.54) is 11.3 Å². The molecule has 4 aromatic rings. The van der Waals surface area contributed by atoms with Crippen molar-refractivity contribution in [3.8, 4) is 5.75 Å². The predicted molar refractivity (Wildman–Crippen MR) is 129 cm³/mol. The maximum absolute atomic E-state index is 12.9. The third-order valence-electron chi connectivity index (χ3n) is 4.63. The minimum atomic E-state index is -0.344. The summed E-state index contributed by atoms with van der Waals surface area (Å²) in [6.07, 6.45) is 4.95. The van der Waals surface area contributed by atoms with Crippen molar-refractivity contribution in [2.24, 2.45) is 0 Å². The maximum Gasteiger partial charge on any atom is 0.267 e. The summed E-state index contributed by atoms with van der Waals surface area (Å²) in [7, 11) is 0. The van der Waals surface area contributed by atoms with Gasteiger partial charge in [-0.1, -0.05) is 23.7 Å². The van der Waals surface area contributed by atoms with Crippen LogP contribution in [0.1, 0.15) is 31.2 Å². The fourth-order valence-electron chi connectivity index (χ4n) is 3.00. The van der Waals surface area contributed by atoms with Crippen molar-refractivity contribution in [1.82, 2.24) is 9.97 Å². The van der Waals surface area contributed by atoms with Crippen molar-refractivity contribution in [1.29, 1.82) is 0 Å². The van der Waals surface area contributed by atoms with E-state index in [1.807, 2.05) is 12.1 Å². The van der Waals surface area contributed by atoms with Gasteiger partial charge in [-0.3, -0.25) is 14.6 Å². The Morgan fingerprint density at radius 3 is 2.58 bits per heavy atom. The van der Waals surface area contributed by atoms with E-state index in [9.17, 15) is 9.59 Å². The molecule has 4 rings (SSSR count). The average molecular weight is 479 g/mol. The molecule has 9 heteroatoms. The van der Waals surface area contributed by atoms with Crippen molar-refractivity contribution in [2.45, 2.75) is 13.5 Å². The Kier molecular flexibility index (Phi) is 6.97. The minimum Gasteiger partial charge on any atom is -0.485 e. The molecule has 2 amide bonds. The first-order valence-electron chi connectivity index (χ1n) is 9.95. The second-order valence-electron chi connectivity index (χ2n) is 7.01. The van der Waals surface area contributed by atoms with Gasteiger partial charge in [0, 0.05) is 18.6 Å². The molecule has 3 heterocycles. The zero-order valence-electron chi connectivity index (χ0n) is 17.5. The van der Waals surface area contributed by atoms with Crippen LogP contribution < -0.4 is 15.4 Å². The number of ether oxygens (including phenoxy) is 1. The Morgan fingerprint density at radius 1 is 1.00 bits per heavy atom. The zero-order valence-corrected chi connectivity index (χ0v) is 19.1. The number of aryl methyl sites for hydroxylation is 1. The Morgan fingerprint density at radius 2 is 1.79 bits per heavy atom. The highest BCUT2D eigenvalue weighted by atomic mass is 35.5. The number of pyridine rings is 2. The molecule has 0 unspecified atom stereocenters. The van der Waals surface area contributed by atoms with Crippen LogP contribution in [0.15, 0.2) is 73.2 Å². The van der Waals surface area contributed by atoms with E-state index in [2.05, 4.69) is 20.6 Å². The number of carbonyl (C=O) groups excluding carboxylic acids is 2. The van der Waals surface area contributed by atoms with E-state index < -0.39 is 0 Å². The lowest BCUT2D eigenvalue weighted by Gasteiger charge is -2.11. The number of nitrogens with zero attached hydrogens (tertiary/aromatic N) is 2. The van der Waals surface area contributed by atoms with Crippen molar-refractivity contribution < 1.29 is 14.3 Å². The maximum atomic E-state index is 12.9. The summed E-state index contributed by atoms with van der Waals surface area (Å²) in [4.78, 5) is 34.2. The lowest BCUT2D eigenvalue weighted by molar-refractivity contribution is 0.101. The highest BCUT2D eigenvalue weighted by molar-refractivity contribution is 7.18. The Hall–Kier alpha value is -3.75. The molecule has 0 spiro atoms. The van der Waals surface area contributed by atoms with E-state index in [0.717, 1.165) is 11.1 Å². The number of anilines is 2. The average Bonchev–Trinajstić information content (AvgIpc) is 3.19. The smallest absolute Gasteiger partial charge is 0.267 e. The molecule has 2 N–H and O–H groups in total. The standard InChI is InChI=1S/C24H19ClN4O3S/c1-15-13-20(28-23(30)17-5-2-3-6-18(17)25)33-21(15)24(31)29-22-19(7-4-10-27-22)32-14-16-8-11-26-12-9-16/h2-13H,14H2,1H3,(H,28,30)(H,27,29,31). The number of thiophene rings is 1. The van der Waals surface area contributed by atoms with Gasteiger partial charge in [0.15, 0.2) is 11.6 Å². The molecule has 0 aliphatic heterocycles. The number of aromatic nitrogens is 2. The van der Waals surface area contributed by atoms with Crippen molar-refractivity contribution in [3.63, 3.8) is 0 Å². The van der Waals surface area contributed by atoms with Gasteiger partial charge >= 0.3 is 0 Å². The molecular formula is C24H19ClN4O3S. The molecule has 0 fully saturated rings. The summed E-state index contributed by atoms with van der Waals surface area (Å²) in [5, 5.41) is 6.50. The van der Waals surface area contributed by atoms with Gasteiger partial charge in [0.2, 0.25) is 0 Å². The lowest BCUT2D eigenvalue weighted by Crippen LogP contribution is -2.13. The van der Waals surface area contributed by atoms with Crippen molar-refractivity contribution in [2.75, 3.05) is 10.6 Å². The van der Waals surface area contributed by atoms with E-state index in [1.54, 1.807) is 68.0 Å². The molecule has 166 valence electrons. The molecule has 0 aliphatic carbocycles. The quantitative estimate of drug-likeness (QED) is 0.361. The molecule has 0 saturated carbocycles. The molecule has 0 radical (unpaired) electrons. The SMILES string of the molecule is Cc1cc(NC(=O)c2ccccc2Cl)sc1C(=O)Nc1ncccc1OCc1ccncc1. The summed E-state index contributed by atoms with van der Waals surface area (Å²) >= 11 is 7.27. The number of rotatable bonds is 7. The fraction of sp³-hybridized carbons (Fsp3) is 0.0833. The Balaban J connectivity index is 1.46. The van der Waals surface area contributed by atoms with Crippen molar-refractivity contribution in [3.05, 3.63) is 99.8 Å². The lowest BCUT2D eigenvalue weighted by atomic mass is 10.2. The first-order valence-corrected chi connectivity index (χ1v) is 11.1. The molecule has 3 aromatic heterocycles. The minimum absolute atomic E-state index is 0.311. The summed E-state index contributed by atoms with van der Waals surface area (Å²) in [5.74, 6) is 0.0728. The Labute approximate surface area is 199 Å². The monoisotopic (exact) mass is 478 g/mol. The second kappa shape index (κ2) is 10.2.